The van der Waals surface area contributed by atoms with Crippen molar-refractivity contribution >= 4 is 15.9 Å². The zero-order chi connectivity index (χ0) is 10.1. The maximum atomic E-state index is 12.4. The molecule has 0 saturated heterocycles. The highest BCUT2D eigenvalue weighted by molar-refractivity contribution is 7.86. The molecule has 0 aliphatic rings. The lowest BCUT2D eigenvalue weighted by Crippen LogP contribution is -2.08. The summed E-state index contributed by atoms with van der Waals surface area (Å²) in [5, 5.41) is 0. The SMILES string of the molecule is CN(C)c1ccc(S(=O)(=O)F)cc1. The molecule has 13 heavy (non-hydrogen) atoms. The van der Waals surface area contributed by atoms with E-state index in [9.17, 15) is 12.3 Å². The minimum Gasteiger partial charge on any atom is -0.378 e. The van der Waals surface area contributed by atoms with Crippen LogP contribution in [0.3, 0.4) is 0 Å². The molecule has 0 aliphatic heterocycles. The van der Waals surface area contributed by atoms with Crippen molar-refractivity contribution in [1.82, 2.24) is 0 Å². The highest BCUT2D eigenvalue weighted by Gasteiger charge is 2.10. The number of nitrogens with zero attached hydrogens (tertiary/aromatic N) is 1. The molecule has 0 spiro atoms. The summed E-state index contributed by atoms with van der Waals surface area (Å²) in [7, 11) is -0.927. The Kier molecular flexibility index (Phi) is 2.56. The van der Waals surface area contributed by atoms with E-state index in [4.69, 9.17) is 0 Å². The molecule has 72 valence electrons. The van der Waals surface area contributed by atoms with Crippen molar-refractivity contribution in [2.75, 3.05) is 19.0 Å². The standard InChI is InChI=1S/C8H10FNO2S/c1-10(2)7-3-5-8(6-4-7)13(9,11)12/h3-6H,1-2H3. The second-order valence-electron chi connectivity index (χ2n) is 2.83. The molecule has 5 heteroatoms. The molecular formula is C8H10FNO2S. The van der Waals surface area contributed by atoms with Crippen LogP contribution in [0.25, 0.3) is 0 Å². The maximum absolute atomic E-state index is 12.4. The molecule has 0 atom stereocenters. The van der Waals surface area contributed by atoms with Crippen molar-refractivity contribution in [1.29, 1.82) is 0 Å². The van der Waals surface area contributed by atoms with E-state index in [-0.39, 0.29) is 4.90 Å². The molecule has 0 fully saturated rings. The Balaban J connectivity index is 3.08. The van der Waals surface area contributed by atoms with Gasteiger partial charge >= 0.3 is 10.2 Å². The van der Waals surface area contributed by atoms with Gasteiger partial charge in [0.2, 0.25) is 0 Å². The summed E-state index contributed by atoms with van der Waals surface area (Å²) in [6, 6.07) is 5.58. The Hall–Kier alpha value is -1.10. The van der Waals surface area contributed by atoms with Gasteiger partial charge in [0, 0.05) is 19.8 Å². The summed E-state index contributed by atoms with van der Waals surface area (Å²) in [5.74, 6) is 0. The molecule has 0 saturated carbocycles. The predicted octanol–water partition coefficient (Wildman–Crippen LogP) is 1.41. The molecule has 3 nitrogen and oxygen atoms in total. The molecular weight excluding hydrogens is 193 g/mol. The molecule has 1 aromatic rings. The quantitative estimate of drug-likeness (QED) is 0.682. The Morgan fingerprint density at radius 2 is 1.62 bits per heavy atom. The molecule has 0 amide bonds. The Morgan fingerprint density at radius 1 is 1.15 bits per heavy atom. The van der Waals surface area contributed by atoms with E-state index in [0.29, 0.717) is 0 Å². The van der Waals surface area contributed by atoms with Crippen LogP contribution in [0.2, 0.25) is 0 Å². The van der Waals surface area contributed by atoms with E-state index in [1.165, 1.54) is 12.1 Å². The first-order valence-electron chi connectivity index (χ1n) is 3.63. The second kappa shape index (κ2) is 3.33. The third-order valence-electron chi connectivity index (χ3n) is 1.63. The monoisotopic (exact) mass is 203 g/mol. The summed E-state index contributed by atoms with van der Waals surface area (Å²) in [6.07, 6.45) is 0. The zero-order valence-electron chi connectivity index (χ0n) is 7.36. The molecule has 0 N–H and O–H groups in total. The molecule has 0 bridgehead atoms. The summed E-state index contributed by atoms with van der Waals surface area (Å²) >= 11 is 0. The van der Waals surface area contributed by atoms with Gasteiger partial charge in [0.15, 0.2) is 0 Å². The van der Waals surface area contributed by atoms with Gasteiger partial charge in [0.1, 0.15) is 0 Å². The average Bonchev–Trinajstić information content (AvgIpc) is 2.03. The van der Waals surface area contributed by atoms with Crippen LogP contribution in [0, 0.1) is 0 Å². The van der Waals surface area contributed by atoms with Crippen LogP contribution in [-0.2, 0) is 10.2 Å². The maximum Gasteiger partial charge on any atom is 0.332 e. The van der Waals surface area contributed by atoms with Gasteiger partial charge in [-0.3, -0.25) is 0 Å². The van der Waals surface area contributed by atoms with Crippen LogP contribution < -0.4 is 4.90 Å². The first-order chi connectivity index (χ1) is 5.91. The van der Waals surface area contributed by atoms with E-state index >= 15 is 0 Å². The van der Waals surface area contributed by atoms with Crippen LogP contribution in [0.15, 0.2) is 29.2 Å². The molecule has 1 aromatic carbocycles. The lowest BCUT2D eigenvalue weighted by atomic mass is 10.3. The Bertz CT molecular complexity index is 383. The summed E-state index contributed by atoms with van der Waals surface area (Å²) in [4.78, 5) is 1.49. The molecule has 0 aromatic heterocycles. The van der Waals surface area contributed by atoms with Gasteiger partial charge < -0.3 is 4.90 Å². The van der Waals surface area contributed by atoms with Crippen molar-refractivity contribution < 1.29 is 12.3 Å². The van der Waals surface area contributed by atoms with Crippen LogP contribution in [0.1, 0.15) is 0 Å². The van der Waals surface area contributed by atoms with Gasteiger partial charge in [-0.05, 0) is 24.3 Å². The number of benzene rings is 1. The van der Waals surface area contributed by atoms with Gasteiger partial charge in [-0.1, -0.05) is 0 Å². The van der Waals surface area contributed by atoms with Gasteiger partial charge in [0.25, 0.3) is 0 Å². The largest absolute Gasteiger partial charge is 0.378 e. The molecule has 1 rings (SSSR count). The topological polar surface area (TPSA) is 37.4 Å². The summed E-state index contributed by atoms with van der Waals surface area (Å²) in [5.41, 5.74) is 0.826. The van der Waals surface area contributed by atoms with Crippen molar-refractivity contribution in [3.05, 3.63) is 24.3 Å². The fraction of sp³-hybridized carbons (Fsp3) is 0.250. The van der Waals surface area contributed by atoms with Crippen molar-refractivity contribution in [3.8, 4) is 0 Å². The van der Waals surface area contributed by atoms with Crippen molar-refractivity contribution in [2.45, 2.75) is 4.90 Å². The minimum atomic E-state index is -4.56. The molecule has 0 aliphatic carbocycles. The minimum absolute atomic E-state index is 0.307. The fourth-order valence-corrected chi connectivity index (χ4v) is 1.37. The summed E-state index contributed by atoms with van der Waals surface area (Å²) in [6.45, 7) is 0. The number of anilines is 1. The number of halogens is 1. The third kappa shape index (κ3) is 2.42. The lowest BCUT2D eigenvalue weighted by Gasteiger charge is -2.11. The van der Waals surface area contributed by atoms with E-state index in [1.807, 2.05) is 14.1 Å². The van der Waals surface area contributed by atoms with E-state index in [0.717, 1.165) is 5.69 Å². The van der Waals surface area contributed by atoms with Gasteiger partial charge in [-0.15, -0.1) is 3.89 Å². The Labute approximate surface area is 77.0 Å². The number of hydrogen-bond acceptors (Lipinski definition) is 3. The Morgan fingerprint density at radius 3 is 1.92 bits per heavy atom. The zero-order valence-corrected chi connectivity index (χ0v) is 8.18. The lowest BCUT2D eigenvalue weighted by molar-refractivity contribution is 0.552. The van der Waals surface area contributed by atoms with E-state index in [1.54, 1.807) is 17.0 Å². The molecule has 0 radical (unpaired) electrons. The van der Waals surface area contributed by atoms with Crippen LogP contribution in [0.4, 0.5) is 9.57 Å². The van der Waals surface area contributed by atoms with Crippen molar-refractivity contribution in [3.63, 3.8) is 0 Å². The van der Waals surface area contributed by atoms with Crippen LogP contribution in [-0.4, -0.2) is 22.5 Å². The van der Waals surface area contributed by atoms with Gasteiger partial charge in [-0.25, -0.2) is 0 Å². The molecule has 0 unspecified atom stereocenters. The normalized spacial score (nSPS) is 11.3. The smallest absolute Gasteiger partial charge is 0.332 e. The van der Waals surface area contributed by atoms with Gasteiger partial charge in [-0.2, -0.15) is 8.42 Å². The molecule has 0 heterocycles. The van der Waals surface area contributed by atoms with E-state index in [2.05, 4.69) is 0 Å². The first-order valence-corrected chi connectivity index (χ1v) is 5.01. The fourth-order valence-electron chi connectivity index (χ4n) is 0.907. The predicted molar refractivity (Wildman–Crippen MR) is 49.1 cm³/mol. The van der Waals surface area contributed by atoms with Crippen molar-refractivity contribution in [2.24, 2.45) is 0 Å². The van der Waals surface area contributed by atoms with Gasteiger partial charge in [0.05, 0.1) is 4.90 Å². The number of hydrogen-bond donors (Lipinski definition) is 0. The van der Waals surface area contributed by atoms with Crippen LogP contribution >= 0.6 is 0 Å². The highest BCUT2D eigenvalue weighted by atomic mass is 32.3. The van der Waals surface area contributed by atoms with E-state index < -0.39 is 10.2 Å². The summed E-state index contributed by atoms with van der Waals surface area (Å²) < 4.78 is 33.3. The third-order valence-corrected chi connectivity index (χ3v) is 2.47. The number of rotatable bonds is 2. The first kappa shape index (κ1) is 9.98. The second-order valence-corrected chi connectivity index (χ2v) is 4.17. The van der Waals surface area contributed by atoms with Crippen LogP contribution in [0.5, 0.6) is 0 Å². The average molecular weight is 203 g/mol. The highest BCUT2D eigenvalue weighted by Crippen LogP contribution is 2.17.